The molecule has 2 unspecified atom stereocenters. The summed E-state index contributed by atoms with van der Waals surface area (Å²) in [6.07, 6.45) is 2.49. The number of anilines is 1. The smallest absolute Gasteiger partial charge is 0.163 e. The van der Waals surface area contributed by atoms with Crippen molar-refractivity contribution in [1.29, 1.82) is 5.26 Å². The van der Waals surface area contributed by atoms with E-state index in [1.165, 1.54) is 0 Å². The van der Waals surface area contributed by atoms with Crippen molar-refractivity contribution in [3.8, 4) is 29.1 Å². The Hall–Kier alpha value is -3.77. The summed E-state index contributed by atoms with van der Waals surface area (Å²) in [7, 11) is 1.60. The maximum atomic E-state index is 9.92. The summed E-state index contributed by atoms with van der Waals surface area (Å²) < 4.78 is 17.7. The van der Waals surface area contributed by atoms with Crippen LogP contribution < -0.4 is 24.8 Å². The van der Waals surface area contributed by atoms with Gasteiger partial charge in [-0.1, -0.05) is 29.8 Å². The van der Waals surface area contributed by atoms with Crippen molar-refractivity contribution >= 4 is 29.2 Å². The van der Waals surface area contributed by atoms with Crippen molar-refractivity contribution in [3.05, 3.63) is 72.3 Å². The number of aliphatic imine (C=N–C) groups is 1. The lowest BCUT2D eigenvalue weighted by atomic mass is 9.89. The molecule has 0 radical (unpaired) electrons. The predicted octanol–water partition coefficient (Wildman–Crippen LogP) is 5.52. The largest absolute Gasteiger partial charge is 0.493 e. The Morgan fingerprint density at radius 2 is 1.82 bits per heavy atom. The minimum atomic E-state index is -1.26. The van der Waals surface area contributed by atoms with Crippen LogP contribution in [0.2, 0.25) is 0 Å². The molecule has 39 heavy (non-hydrogen) atoms. The van der Waals surface area contributed by atoms with Gasteiger partial charge < -0.3 is 29.7 Å². The van der Waals surface area contributed by atoms with E-state index in [4.69, 9.17) is 25.8 Å². The van der Waals surface area contributed by atoms with Crippen molar-refractivity contribution in [3.63, 3.8) is 0 Å². The van der Waals surface area contributed by atoms with E-state index in [1.54, 1.807) is 13.3 Å². The lowest BCUT2D eigenvalue weighted by Crippen LogP contribution is -2.43. The molecule has 8 nitrogen and oxygen atoms in total. The number of methoxy groups -OCH3 is 1. The number of benzene rings is 3. The van der Waals surface area contributed by atoms with Gasteiger partial charge in [0.1, 0.15) is 17.4 Å². The van der Waals surface area contributed by atoms with Crippen LogP contribution in [0, 0.1) is 17.2 Å². The third-order valence-electron chi connectivity index (χ3n) is 6.85. The number of halogens is 1. The standard InChI is InChI=1S/C30H32ClN5O3/c1-37-28-18-26-27(19-29(28)38-17-5-14-36-15-12-33-13-16-36)34-21-22(20-32)30(26,31)35-23-8-10-25(11-9-23)39-24-6-3-2-4-7-24/h2-4,6-11,18-19,21-22,33,35H,5,12-17H2,1H3. The van der Waals surface area contributed by atoms with Gasteiger partial charge in [-0.05, 0) is 48.9 Å². The molecule has 2 aliphatic heterocycles. The minimum absolute atomic E-state index is 0.545. The van der Waals surface area contributed by atoms with E-state index < -0.39 is 10.9 Å². The first-order chi connectivity index (χ1) is 19.1. The monoisotopic (exact) mass is 545 g/mol. The summed E-state index contributed by atoms with van der Waals surface area (Å²) in [5.74, 6) is 1.87. The lowest BCUT2D eigenvalue weighted by molar-refractivity contribution is 0.211. The first kappa shape index (κ1) is 26.8. The molecule has 0 saturated carbocycles. The summed E-state index contributed by atoms with van der Waals surface area (Å²) in [5, 5.41) is 16.6. The number of nitrogens with zero attached hydrogens (tertiary/aromatic N) is 3. The maximum absolute atomic E-state index is 9.92. The Labute approximate surface area is 234 Å². The number of hydrogen-bond acceptors (Lipinski definition) is 8. The third kappa shape index (κ3) is 6.28. The van der Waals surface area contributed by atoms with Crippen molar-refractivity contribution in [2.75, 3.05) is 51.8 Å². The molecule has 1 saturated heterocycles. The molecule has 9 heteroatoms. The van der Waals surface area contributed by atoms with E-state index >= 15 is 0 Å². The van der Waals surface area contributed by atoms with Gasteiger partial charge in [-0.3, -0.25) is 4.99 Å². The number of piperazine rings is 1. The van der Waals surface area contributed by atoms with Crippen LogP contribution in [0.3, 0.4) is 0 Å². The van der Waals surface area contributed by atoms with E-state index in [0.717, 1.165) is 50.6 Å². The first-order valence-electron chi connectivity index (χ1n) is 13.1. The first-order valence-corrected chi connectivity index (χ1v) is 13.5. The fourth-order valence-electron chi connectivity index (χ4n) is 4.76. The van der Waals surface area contributed by atoms with Crippen LogP contribution in [0.4, 0.5) is 11.4 Å². The Bertz CT molecular complexity index is 1320. The normalized spacial score (nSPS) is 20.5. The summed E-state index contributed by atoms with van der Waals surface area (Å²) in [6.45, 7) is 5.73. The van der Waals surface area contributed by atoms with E-state index in [0.29, 0.717) is 35.1 Å². The molecule has 2 aliphatic rings. The molecule has 2 heterocycles. The summed E-state index contributed by atoms with van der Waals surface area (Å²) in [4.78, 5) is 5.71. The molecule has 2 N–H and O–H groups in total. The SMILES string of the molecule is COc1cc2c(cc1OCCCN1CCNCC1)N=CC(C#N)C2(Cl)Nc1ccc(Oc2ccccc2)cc1. The second-order valence-electron chi connectivity index (χ2n) is 9.48. The average molecular weight is 546 g/mol. The lowest BCUT2D eigenvalue weighted by Gasteiger charge is -2.36. The molecular weight excluding hydrogens is 514 g/mol. The number of nitrogens with one attached hydrogen (secondary N) is 2. The fourth-order valence-corrected chi connectivity index (χ4v) is 5.12. The van der Waals surface area contributed by atoms with Crippen molar-refractivity contribution in [1.82, 2.24) is 10.2 Å². The van der Waals surface area contributed by atoms with Gasteiger partial charge in [-0.2, -0.15) is 5.26 Å². The van der Waals surface area contributed by atoms with Crippen LogP contribution in [0.1, 0.15) is 12.0 Å². The number of fused-ring (bicyclic) bond motifs is 1. The number of ether oxygens (including phenoxy) is 3. The fraction of sp³-hybridized carbons (Fsp3) is 0.333. The molecule has 1 fully saturated rings. The quantitative estimate of drug-likeness (QED) is 0.197. The number of nitriles is 1. The van der Waals surface area contributed by atoms with Crippen LogP contribution in [0.25, 0.3) is 0 Å². The zero-order valence-corrected chi connectivity index (χ0v) is 22.7. The van der Waals surface area contributed by atoms with E-state index in [1.807, 2.05) is 66.7 Å². The Morgan fingerprint density at radius 1 is 1.08 bits per heavy atom. The van der Waals surface area contributed by atoms with Gasteiger partial charge in [0.15, 0.2) is 16.5 Å². The molecule has 2 atom stereocenters. The highest BCUT2D eigenvalue weighted by molar-refractivity contribution is 6.27. The van der Waals surface area contributed by atoms with Crippen molar-refractivity contribution in [2.24, 2.45) is 10.9 Å². The Morgan fingerprint density at radius 3 is 2.54 bits per heavy atom. The molecule has 5 rings (SSSR count). The number of para-hydroxylation sites is 1. The van der Waals surface area contributed by atoms with Gasteiger partial charge >= 0.3 is 0 Å². The summed E-state index contributed by atoms with van der Waals surface area (Å²) in [5.41, 5.74) is 2.01. The number of alkyl halides is 1. The Balaban J connectivity index is 1.31. The molecule has 0 aliphatic carbocycles. The predicted molar refractivity (Wildman–Crippen MR) is 154 cm³/mol. The average Bonchev–Trinajstić information content (AvgIpc) is 2.97. The van der Waals surface area contributed by atoms with Crippen LogP contribution in [-0.4, -0.2) is 57.6 Å². The van der Waals surface area contributed by atoms with Gasteiger partial charge in [0.25, 0.3) is 0 Å². The van der Waals surface area contributed by atoms with Crippen LogP contribution >= 0.6 is 11.6 Å². The molecular formula is C30H32ClN5O3. The highest BCUT2D eigenvalue weighted by Gasteiger charge is 2.43. The van der Waals surface area contributed by atoms with Gasteiger partial charge in [-0.25, -0.2) is 0 Å². The van der Waals surface area contributed by atoms with E-state index in [2.05, 4.69) is 26.6 Å². The molecule has 0 spiro atoms. The third-order valence-corrected chi connectivity index (χ3v) is 7.38. The molecule has 0 bridgehead atoms. The zero-order valence-electron chi connectivity index (χ0n) is 21.9. The van der Waals surface area contributed by atoms with Gasteiger partial charge in [0.2, 0.25) is 0 Å². The van der Waals surface area contributed by atoms with Crippen molar-refractivity contribution < 1.29 is 14.2 Å². The van der Waals surface area contributed by atoms with Crippen LogP contribution in [-0.2, 0) is 5.00 Å². The molecule has 0 aromatic heterocycles. The summed E-state index contributed by atoms with van der Waals surface area (Å²) in [6, 6.07) is 22.9. The van der Waals surface area contributed by atoms with Gasteiger partial charge in [-0.15, -0.1) is 0 Å². The van der Waals surface area contributed by atoms with Gasteiger partial charge in [0.05, 0.1) is 25.5 Å². The highest BCUT2D eigenvalue weighted by Crippen LogP contribution is 2.48. The second-order valence-corrected chi connectivity index (χ2v) is 10.1. The van der Waals surface area contributed by atoms with Crippen molar-refractivity contribution in [2.45, 2.75) is 11.4 Å². The van der Waals surface area contributed by atoms with Gasteiger partial charge in [0, 0.05) is 56.3 Å². The topological polar surface area (TPSA) is 91.1 Å². The van der Waals surface area contributed by atoms with E-state index in [9.17, 15) is 5.26 Å². The molecule has 202 valence electrons. The highest BCUT2D eigenvalue weighted by atomic mass is 35.5. The maximum Gasteiger partial charge on any atom is 0.163 e. The minimum Gasteiger partial charge on any atom is -0.493 e. The second kappa shape index (κ2) is 12.4. The molecule has 0 amide bonds. The number of rotatable bonds is 10. The molecule has 3 aromatic rings. The van der Waals surface area contributed by atoms with E-state index in [-0.39, 0.29) is 0 Å². The van der Waals surface area contributed by atoms with Crippen LogP contribution in [0.5, 0.6) is 23.0 Å². The van der Waals surface area contributed by atoms with Crippen LogP contribution in [0.15, 0.2) is 71.7 Å². The molecule has 3 aromatic carbocycles. The summed E-state index contributed by atoms with van der Waals surface area (Å²) >= 11 is 7.21. The zero-order chi connectivity index (χ0) is 27.1. The number of hydrogen-bond donors (Lipinski definition) is 2. The Kier molecular flexibility index (Phi) is 8.52.